The van der Waals surface area contributed by atoms with E-state index in [0.717, 1.165) is 10.6 Å². The molecule has 16 heavy (non-hydrogen) atoms. The zero-order valence-electron chi connectivity index (χ0n) is 8.51. The van der Waals surface area contributed by atoms with Crippen LogP contribution in [-0.2, 0) is 4.79 Å². The highest BCUT2D eigenvalue weighted by molar-refractivity contribution is 8.15. The van der Waals surface area contributed by atoms with Crippen molar-refractivity contribution in [3.05, 3.63) is 48.0 Å². The van der Waals surface area contributed by atoms with E-state index in [0.29, 0.717) is 5.75 Å². The third-order valence-corrected chi connectivity index (χ3v) is 3.55. The molecule has 0 N–H and O–H groups in total. The maximum absolute atomic E-state index is 11.1. The van der Waals surface area contributed by atoms with Crippen LogP contribution in [0.1, 0.15) is 5.56 Å². The molecule has 2 aromatic rings. The second-order valence-electron chi connectivity index (χ2n) is 3.66. The molecule has 3 heteroatoms. The normalized spacial score (nSPS) is 15.5. The number of carbonyl (C=O) groups is 1. The molecule has 1 heterocycles. The Kier molecular flexibility index (Phi) is 2.26. The number of fused-ring (bicyclic) bond motifs is 1. The first kappa shape index (κ1) is 9.60. The van der Waals surface area contributed by atoms with Crippen LogP contribution in [0.4, 0.5) is 0 Å². The van der Waals surface area contributed by atoms with Crippen molar-refractivity contribution in [2.45, 2.75) is 0 Å². The van der Waals surface area contributed by atoms with Crippen molar-refractivity contribution in [3.63, 3.8) is 0 Å². The van der Waals surface area contributed by atoms with Crippen molar-refractivity contribution in [3.8, 4) is 0 Å². The SMILES string of the molecule is O=C1CSC(c2ccc3ccccc3c2)=N1. The van der Waals surface area contributed by atoms with E-state index in [9.17, 15) is 4.79 Å². The number of aliphatic imine (C=N–C) groups is 1. The molecule has 0 saturated carbocycles. The third kappa shape index (κ3) is 1.63. The summed E-state index contributed by atoms with van der Waals surface area (Å²) >= 11 is 1.51. The van der Waals surface area contributed by atoms with E-state index in [4.69, 9.17) is 0 Å². The number of hydrogen-bond donors (Lipinski definition) is 0. The second-order valence-corrected chi connectivity index (χ2v) is 4.63. The number of benzene rings is 2. The monoisotopic (exact) mass is 227 g/mol. The quantitative estimate of drug-likeness (QED) is 0.749. The average Bonchev–Trinajstić information content (AvgIpc) is 2.75. The molecule has 3 rings (SSSR count). The highest BCUT2D eigenvalue weighted by atomic mass is 32.2. The molecule has 1 aliphatic rings. The predicted molar refractivity (Wildman–Crippen MR) is 68.0 cm³/mol. The lowest BCUT2D eigenvalue weighted by Crippen LogP contribution is -1.91. The van der Waals surface area contributed by atoms with Gasteiger partial charge in [-0.1, -0.05) is 48.2 Å². The molecule has 0 aliphatic carbocycles. The van der Waals surface area contributed by atoms with Gasteiger partial charge in [-0.05, 0) is 16.8 Å². The summed E-state index contributed by atoms with van der Waals surface area (Å²) in [6.45, 7) is 0. The summed E-state index contributed by atoms with van der Waals surface area (Å²) < 4.78 is 0. The van der Waals surface area contributed by atoms with E-state index in [2.05, 4.69) is 29.3 Å². The van der Waals surface area contributed by atoms with Gasteiger partial charge in [0, 0.05) is 5.56 Å². The maximum atomic E-state index is 11.1. The van der Waals surface area contributed by atoms with Crippen molar-refractivity contribution >= 4 is 33.5 Å². The van der Waals surface area contributed by atoms with Crippen LogP contribution in [0.5, 0.6) is 0 Å². The van der Waals surface area contributed by atoms with Gasteiger partial charge in [-0.3, -0.25) is 4.79 Å². The topological polar surface area (TPSA) is 29.4 Å². The van der Waals surface area contributed by atoms with Gasteiger partial charge < -0.3 is 0 Å². The molecule has 0 fully saturated rings. The summed E-state index contributed by atoms with van der Waals surface area (Å²) in [5, 5.41) is 3.24. The largest absolute Gasteiger partial charge is 0.272 e. The Morgan fingerprint density at radius 1 is 1.06 bits per heavy atom. The molecule has 78 valence electrons. The minimum Gasteiger partial charge on any atom is -0.272 e. The average molecular weight is 227 g/mol. The Morgan fingerprint density at radius 2 is 1.88 bits per heavy atom. The summed E-state index contributed by atoms with van der Waals surface area (Å²) in [7, 11) is 0. The van der Waals surface area contributed by atoms with E-state index in [-0.39, 0.29) is 5.91 Å². The third-order valence-electron chi connectivity index (χ3n) is 2.56. The van der Waals surface area contributed by atoms with Gasteiger partial charge in [-0.25, -0.2) is 4.99 Å². The molecule has 0 bridgehead atoms. The van der Waals surface area contributed by atoms with E-state index in [1.165, 1.54) is 22.5 Å². The molecule has 0 radical (unpaired) electrons. The fraction of sp³-hybridized carbons (Fsp3) is 0.0769. The van der Waals surface area contributed by atoms with Gasteiger partial charge in [0.25, 0.3) is 5.91 Å². The molecule has 2 aromatic carbocycles. The van der Waals surface area contributed by atoms with Gasteiger partial charge >= 0.3 is 0 Å². The van der Waals surface area contributed by atoms with Crippen molar-refractivity contribution < 1.29 is 4.79 Å². The molecular weight excluding hydrogens is 218 g/mol. The Labute approximate surface area is 97.4 Å². The summed E-state index contributed by atoms with van der Waals surface area (Å²) in [6.07, 6.45) is 0. The fourth-order valence-corrected chi connectivity index (χ4v) is 2.56. The summed E-state index contributed by atoms with van der Waals surface area (Å²) in [4.78, 5) is 15.1. The number of rotatable bonds is 1. The zero-order valence-corrected chi connectivity index (χ0v) is 9.33. The van der Waals surface area contributed by atoms with Crippen molar-refractivity contribution in [1.29, 1.82) is 0 Å². The van der Waals surface area contributed by atoms with Crippen LogP contribution in [-0.4, -0.2) is 16.7 Å². The highest BCUT2D eigenvalue weighted by Gasteiger charge is 2.16. The second kappa shape index (κ2) is 3.76. The molecule has 1 aliphatic heterocycles. The number of hydrogen-bond acceptors (Lipinski definition) is 2. The Bertz CT molecular complexity index is 604. The lowest BCUT2D eigenvalue weighted by molar-refractivity contribution is -0.115. The van der Waals surface area contributed by atoms with Crippen molar-refractivity contribution in [2.75, 3.05) is 5.75 Å². The van der Waals surface area contributed by atoms with Crippen LogP contribution in [0.25, 0.3) is 10.8 Å². The number of amides is 1. The molecule has 0 spiro atoms. The zero-order chi connectivity index (χ0) is 11.0. The number of thioether (sulfide) groups is 1. The molecular formula is C13H9NOS. The Balaban J connectivity index is 2.12. The van der Waals surface area contributed by atoms with Crippen LogP contribution in [0, 0.1) is 0 Å². The lowest BCUT2D eigenvalue weighted by Gasteiger charge is -2.01. The first-order chi connectivity index (χ1) is 7.83. The lowest BCUT2D eigenvalue weighted by atomic mass is 10.1. The molecule has 1 amide bonds. The fourth-order valence-electron chi connectivity index (χ4n) is 1.78. The van der Waals surface area contributed by atoms with Gasteiger partial charge in [0.05, 0.1) is 5.75 Å². The van der Waals surface area contributed by atoms with Crippen LogP contribution in [0.3, 0.4) is 0 Å². The molecule has 0 aromatic heterocycles. The molecule has 0 saturated heterocycles. The number of nitrogens with zero attached hydrogens (tertiary/aromatic N) is 1. The van der Waals surface area contributed by atoms with Gasteiger partial charge in [0.15, 0.2) is 0 Å². The van der Waals surface area contributed by atoms with Crippen LogP contribution >= 0.6 is 11.8 Å². The minimum atomic E-state index is -0.0341. The van der Waals surface area contributed by atoms with Crippen molar-refractivity contribution in [1.82, 2.24) is 0 Å². The highest BCUT2D eigenvalue weighted by Crippen LogP contribution is 2.23. The summed E-state index contributed by atoms with van der Waals surface area (Å²) in [5.74, 6) is 0.440. The van der Waals surface area contributed by atoms with E-state index in [1.807, 2.05) is 18.2 Å². The van der Waals surface area contributed by atoms with Crippen molar-refractivity contribution in [2.24, 2.45) is 4.99 Å². The first-order valence-corrected chi connectivity index (χ1v) is 6.05. The molecule has 0 unspecified atom stereocenters. The van der Waals surface area contributed by atoms with Crippen LogP contribution in [0.15, 0.2) is 47.5 Å². The van der Waals surface area contributed by atoms with Gasteiger partial charge in [0.1, 0.15) is 5.04 Å². The predicted octanol–water partition coefficient (Wildman–Crippen LogP) is 2.86. The van der Waals surface area contributed by atoms with Crippen LogP contribution in [0.2, 0.25) is 0 Å². The standard InChI is InChI=1S/C13H9NOS/c15-12-8-16-13(14-12)11-6-5-9-3-1-2-4-10(9)7-11/h1-7H,8H2. The number of carbonyl (C=O) groups excluding carboxylic acids is 1. The summed E-state index contributed by atoms with van der Waals surface area (Å²) in [6, 6.07) is 14.4. The molecule has 2 nitrogen and oxygen atoms in total. The van der Waals surface area contributed by atoms with Gasteiger partial charge in [0.2, 0.25) is 0 Å². The van der Waals surface area contributed by atoms with E-state index >= 15 is 0 Å². The maximum Gasteiger partial charge on any atom is 0.257 e. The Morgan fingerprint density at radius 3 is 2.62 bits per heavy atom. The smallest absolute Gasteiger partial charge is 0.257 e. The van der Waals surface area contributed by atoms with E-state index in [1.54, 1.807) is 0 Å². The van der Waals surface area contributed by atoms with Crippen LogP contribution < -0.4 is 0 Å². The molecule has 0 atom stereocenters. The van der Waals surface area contributed by atoms with Gasteiger partial charge in [-0.15, -0.1) is 0 Å². The van der Waals surface area contributed by atoms with Gasteiger partial charge in [-0.2, -0.15) is 0 Å². The summed E-state index contributed by atoms with van der Waals surface area (Å²) in [5.41, 5.74) is 1.04. The minimum absolute atomic E-state index is 0.0341. The first-order valence-electron chi connectivity index (χ1n) is 5.06. The Hall–Kier alpha value is -1.61. The van der Waals surface area contributed by atoms with E-state index < -0.39 is 0 Å².